The third-order valence-corrected chi connectivity index (χ3v) is 5.31. The van der Waals surface area contributed by atoms with Crippen molar-refractivity contribution in [2.75, 3.05) is 5.75 Å². The zero-order chi connectivity index (χ0) is 20.9. The van der Waals surface area contributed by atoms with Crippen LogP contribution in [0.3, 0.4) is 0 Å². The summed E-state index contributed by atoms with van der Waals surface area (Å²) in [5, 5.41) is 12.4. The van der Waals surface area contributed by atoms with Gasteiger partial charge in [-0.2, -0.15) is 10.2 Å². The van der Waals surface area contributed by atoms with Gasteiger partial charge >= 0.3 is 5.97 Å². The Balaban J connectivity index is 1.64. The van der Waals surface area contributed by atoms with Gasteiger partial charge < -0.3 is 9.26 Å². The average Bonchev–Trinajstić information content (AvgIpc) is 3.19. The lowest BCUT2D eigenvalue weighted by Gasteiger charge is -2.09. The number of esters is 1. The molecule has 2 aromatic carbocycles. The van der Waals surface area contributed by atoms with Crippen molar-refractivity contribution in [3.8, 4) is 17.5 Å². The molecule has 0 aliphatic carbocycles. The molecule has 0 bridgehead atoms. The molecule has 9 heteroatoms. The second-order valence-corrected chi connectivity index (χ2v) is 8.32. The first kappa shape index (κ1) is 20.2. The van der Waals surface area contributed by atoms with Crippen LogP contribution in [0, 0.1) is 11.3 Å². The minimum atomic E-state index is -3.50. The van der Waals surface area contributed by atoms with Gasteiger partial charge in [-0.25, -0.2) is 13.2 Å². The average molecular weight is 411 g/mol. The van der Waals surface area contributed by atoms with Crippen LogP contribution in [0.2, 0.25) is 0 Å². The van der Waals surface area contributed by atoms with Gasteiger partial charge in [0.15, 0.2) is 15.9 Å². The molecular formula is C20H17N3O5S. The fraction of sp³-hybridized carbons (Fsp3) is 0.200. The molecule has 3 aromatic rings. The Hall–Kier alpha value is -3.51. The molecule has 0 N–H and O–H groups in total. The molecule has 29 heavy (non-hydrogen) atoms. The Kier molecular flexibility index (Phi) is 6.04. The standard InChI is InChI=1S/C20H17N3O5S/c1-14(19-22-18(23-28-19)16-5-3-2-4-6-16)27-20(24)17-9-7-15(8-10-17)13-29(25,26)12-11-21/h2-10,14H,12-13H2,1H3/t14-/m0/s1. The predicted octanol–water partition coefficient (Wildman–Crippen LogP) is 3.09. The molecule has 1 aromatic heterocycles. The summed E-state index contributed by atoms with van der Waals surface area (Å²) in [5.41, 5.74) is 1.51. The number of hydrogen-bond donors (Lipinski definition) is 0. The second-order valence-electron chi connectivity index (χ2n) is 6.26. The molecular weight excluding hydrogens is 394 g/mol. The van der Waals surface area contributed by atoms with Crippen LogP contribution in [0.15, 0.2) is 59.1 Å². The highest BCUT2D eigenvalue weighted by Crippen LogP contribution is 2.21. The molecule has 0 fully saturated rings. The summed E-state index contributed by atoms with van der Waals surface area (Å²) in [5.74, 6) is -0.869. The van der Waals surface area contributed by atoms with Crippen LogP contribution in [0.1, 0.15) is 34.8 Å². The van der Waals surface area contributed by atoms with Crippen molar-refractivity contribution in [2.24, 2.45) is 0 Å². The van der Waals surface area contributed by atoms with E-state index in [1.54, 1.807) is 13.0 Å². The van der Waals surface area contributed by atoms with Crippen molar-refractivity contribution < 1.29 is 22.5 Å². The molecule has 0 aliphatic heterocycles. The van der Waals surface area contributed by atoms with E-state index in [1.807, 2.05) is 30.3 Å². The van der Waals surface area contributed by atoms with Crippen LogP contribution >= 0.6 is 0 Å². The molecule has 0 saturated heterocycles. The maximum Gasteiger partial charge on any atom is 0.338 e. The number of carbonyl (C=O) groups is 1. The van der Waals surface area contributed by atoms with E-state index in [4.69, 9.17) is 14.5 Å². The molecule has 3 rings (SSSR count). The maximum atomic E-state index is 12.3. The summed E-state index contributed by atoms with van der Waals surface area (Å²) >= 11 is 0. The molecule has 0 spiro atoms. The SMILES string of the molecule is C[C@H](OC(=O)c1ccc(CS(=O)(=O)CC#N)cc1)c1nc(-c2ccccc2)no1. The zero-order valence-electron chi connectivity index (χ0n) is 15.5. The Morgan fingerprint density at radius 1 is 1.17 bits per heavy atom. The monoisotopic (exact) mass is 411 g/mol. The minimum absolute atomic E-state index is 0.163. The Labute approximate surface area is 167 Å². The van der Waals surface area contributed by atoms with Gasteiger partial charge in [-0.15, -0.1) is 0 Å². The van der Waals surface area contributed by atoms with Gasteiger partial charge in [-0.05, 0) is 24.6 Å². The van der Waals surface area contributed by atoms with Crippen molar-refractivity contribution in [1.29, 1.82) is 5.26 Å². The third-order valence-electron chi connectivity index (χ3n) is 3.97. The molecule has 1 heterocycles. The number of nitrogens with zero attached hydrogens (tertiary/aromatic N) is 3. The van der Waals surface area contributed by atoms with E-state index in [2.05, 4.69) is 10.1 Å². The highest BCUT2D eigenvalue weighted by Gasteiger charge is 2.20. The number of benzene rings is 2. The van der Waals surface area contributed by atoms with Gasteiger partial charge in [0.25, 0.3) is 5.89 Å². The van der Waals surface area contributed by atoms with Gasteiger partial charge in [-0.1, -0.05) is 47.6 Å². The van der Waals surface area contributed by atoms with Crippen molar-refractivity contribution in [1.82, 2.24) is 10.1 Å². The van der Waals surface area contributed by atoms with Crippen LogP contribution < -0.4 is 0 Å². The highest BCUT2D eigenvalue weighted by molar-refractivity contribution is 7.90. The lowest BCUT2D eigenvalue weighted by atomic mass is 10.1. The van der Waals surface area contributed by atoms with Crippen LogP contribution in [0.4, 0.5) is 0 Å². The lowest BCUT2D eigenvalue weighted by molar-refractivity contribution is 0.0265. The first-order valence-electron chi connectivity index (χ1n) is 8.64. The lowest BCUT2D eigenvalue weighted by Crippen LogP contribution is -2.10. The molecule has 148 valence electrons. The molecule has 0 unspecified atom stereocenters. The Morgan fingerprint density at radius 2 is 1.86 bits per heavy atom. The maximum absolute atomic E-state index is 12.3. The van der Waals surface area contributed by atoms with Crippen molar-refractivity contribution >= 4 is 15.8 Å². The van der Waals surface area contributed by atoms with Gasteiger partial charge in [0.1, 0.15) is 5.75 Å². The number of aromatic nitrogens is 2. The first-order chi connectivity index (χ1) is 13.9. The summed E-state index contributed by atoms with van der Waals surface area (Å²) in [6.45, 7) is 1.61. The quantitative estimate of drug-likeness (QED) is 0.543. The fourth-order valence-electron chi connectivity index (χ4n) is 2.52. The topological polar surface area (TPSA) is 123 Å². The Morgan fingerprint density at radius 3 is 2.52 bits per heavy atom. The number of ether oxygens (including phenoxy) is 1. The molecule has 0 amide bonds. The van der Waals surface area contributed by atoms with E-state index in [0.29, 0.717) is 11.4 Å². The molecule has 8 nitrogen and oxygen atoms in total. The van der Waals surface area contributed by atoms with E-state index in [1.165, 1.54) is 24.3 Å². The van der Waals surface area contributed by atoms with Crippen LogP contribution in [-0.2, 0) is 20.3 Å². The van der Waals surface area contributed by atoms with Crippen molar-refractivity contribution in [3.05, 3.63) is 71.6 Å². The zero-order valence-corrected chi connectivity index (χ0v) is 16.3. The van der Waals surface area contributed by atoms with Gasteiger partial charge in [-0.3, -0.25) is 0 Å². The van der Waals surface area contributed by atoms with Crippen molar-refractivity contribution in [3.63, 3.8) is 0 Å². The third kappa shape index (κ3) is 5.27. The molecule has 0 radical (unpaired) electrons. The largest absolute Gasteiger partial charge is 0.449 e. The molecule has 1 atom stereocenters. The van der Waals surface area contributed by atoms with Crippen molar-refractivity contribution in [2.45, 2.75) is 18.8 Å². The Bertz CT molecular complexity index is 1130. The van der Waals surface area contributed by atoms with Crippen LogP contribution in [0.5, 0.6) is 0 Å². The summed E-state index contributed by atoms with van der Waals surface area (Å²) in [6, 6.07) is 16.8. The van der Waals surface area contributed by atoms with Crippen LogP contribution in [-0.4, -0.2) is 30.3 Å². The number of rotatable bonds is 7. The van der Waals surface area contributed by atoms with E-state index in [-0.39, 0.29) is 17.2 Å². The van der Waals surface area contributed by atoms with Gasteiger partial charge in [0, 0.05) is 5.56 Å². The summed E-state index contributed by atoms with van der Waals surface area (Å²) < 4.78 is 33.9. The van der Waals surface area contributed by atoms with E-state index >= 15 is 0 Å². The number of sulfone groups is 1. The normalized spacial score (nSPS) is 12.1. The molecule has 0 saturated carbocycles. The summed E-state index contributed by atoms with van der Waals surface area (Å²) in [7, 11) is -3.50. The summed E-state index contributed by atoms with van der Waals surface area (Å²) in [6.07, 6.45) is -0.761. The van der Waals surface area contributed by atoms with E-state index < -0.39 is 27.7 Å². The van der Waals surface area contributed by atoms with Crippen LogP contribution in [0.25, 0.3) is 11.4 Å². The van der Waals surface area contributed by atoms with Gasteiger partial charge in [0.2, 0.25) is 5.82 Å². The fourth-order valence-corrected chi connectivity index (χ4v) is 3.52. The van der Waals surface area contributed by atoms with E-state index in [0.717, 1.165) is 5.56 Å². The number of hydrogen-bond acceptors (Lipinski definition) is 8. The van der Waals surface area contributed by atoms with Gasteiger partial charge in [0.05, 0.1) is 17.4 Å². The highest BCUT2D eigenvalue weighted by atomic mass is 32.2. The minimum Gasteiger partial charge on any atom is -0.449 e. The van der Waals surface area contributed by atoms with E-state index in [9.17, 15) is 13.2 Å². The molecule has 0 aliphatic rings. The second kappa shape index (κ2) is 8.67. The number of carbonyl (C=O) groups excluding carboxylic acids is 1. The first-order valence-corrected chi connectivity index (χ1v) is 10.5. The summed E-state index contributed by atoms with van der Waals surface area (Å²) in [4.78, 5) is 16.6. The number of nitriles is 1. The predicted molar refractivity (Wildman–Crippen MR) is 103 cm³/mol. The smallest absolute Gasteiger partial charge is 0.338 e.